The first-order valence-corrected chi connectivity index (χ1v) is 17.6. The molecule has 0 aromatic carbocycles. The maximum Gasteiger partial charge on any atom is 0.220 e. The fraction of sp³-hybridized carbons (Fsp3) is 0.857. The van der Waals surface area contributed by atoms with E-state index in [1.807, 2.05) is 6.08 Å². The van der Waals surface area contributed by atoms with Gasteiger partial charge in [-0.2, -0.15) is 0 Å². The predicted octanol–water partition coefficient (Wildman–Crippen LogP) is 5.21. The number of hydrogen-bond acceptors (Lipinski definition) is 8. The number of hydrogen-bond donors (Lipinski definition) is 6. The van der Waals surface area contributed by atoms with Crippen LogP contribution in [0.15, 0.2) is 24.3 Å². The molecule has 1 fully saturated rings. The van der Waals surface area contributed by atoms with Gasteiger partial charge in [0.2, 0.25) is 5.91 Å². The molecule has 1 saturated heterocycles. The van der Waals surface area contributed by atoms with Gasteiger partial charge in [-0.25, -0.2) is 0 Å². The highest BCUT2D eigenvalue weighted by Crippen LogP contribution is 2.22. The minimum atomic E-state index is -1.57. The summed E-state index contributed by atoms with van der Waals surface area (Å²) in [5.41, 5.74) is 0. The number of unbranched alkanes of at least 4 members (excludes halogenated alkanes) is 15. The molecule has 1 aliphatic heterocycles. The van der Waals surface area contributed by atoms with E-state index < -0.39 is 49.5 Å². The maximum absolute atomic E-state index is 12.8. The molecule has 0 radical (unpaired) electrons. The van der Waals surface area contributed by atoms with Gasteiger partial charge in [0.25, 0.3) is 0 Å². The number of rotatable bonds is 27. The molecule has 0 aromatic rings. The Morgan fingerprint density at radius 1 is 0.750 bits per heavy atom. The second kappa shape index (κ2) is 26.8. The monoisotopic (exact) mass is 627 g/mol. The van der Waals surface area contributed by atoms with Crippen LogP contribution in [-0.2, 0) is 14.3 Å². The zero-order valence-corrected chi connectivity index (χ0v) is 27.7. The summed E-state index contributed by atoms with van der Waals surface area (Å²) < 4.78 is 11.1. The number of aliphatic hydroxyl groups is 5. The van der Waals surface area contributed by atoms with Gasteiger partial charge in [-0.3, -0.25) is 4.79 Å². The Labute approximate surface area is 267 Å². The number of carbonyl (C=O) groups is 1. The summed E-state index contributed by atoms with van der Waals surface area (Å²) in [5.74, 6) is -0.193. The number of ether oxygens (including phenoxy) is 2. The van der Waals surface area contributed by atoms with Gasteiger partial charge in [0, 0.05) is 6.42 Å². The molecule has 0 spiro atoms. The topological polar surface area (TPSA) is 149 Å². The first-order chi connectivity index (χ1) is 21.3. The van der Waals surface area contributed by atoms with Crippen molar-refractivity contribution in [3.05, 3.63) is 24.3 Å². The van der Waals surface area contributed by atoms with Crippen molar-refractivity contribution in [1.82, 2.24) is 5.32 Å². The second-order valence-electron chi connectivity index (χ2n) is 12.3. The molecule has 0 saturated carbocycles. The molecule has 9 heteroatoms. The fourth-order valence-corrected chi connectivity index (χ4v) is 5.34. The smallest absolute Gasteiger partial charge is 0.220 e. The summed E-state index contributed by atoms with van der Waals surface area (Å²) in [7, 11) is 0. The highest BCUT2D eigenvalue weighted by molar-refractivity contribution is 5.76. The summed E-state index contributed by atoms with van der Waals surface area (Å²) in [6, 6.07) is -0.812. The molecular formula is C35H65NO8. The molecule has 0 bridgehead atoms. The number of amides is 1. The van der Waals surface area contributed by atoms with Crippen LogP contribution >= 0.6 is 0 Å². The van der Waals surface area contributed by atoms with Crippen molar-refractivity contribution in [2.75, 3.05) is 13.2 Å². The van der Waals surface area contributed by atoms with Crippen LogP contribution in [0.3, 0.4) is 0 Å². The van der Waals surface area contributed by atoms with Gasteiger partial charge in [0.05, 0.1) is 25.4 Å². The average Bonchev–Trinajstić information content (AvgIpc) is 3.02. The normalized spacial score (nSPS) is 23.8. The van der Waals surface area contributed by atoms with Crippen LogP contribution < -0.4 is 5.32 Å². The summed E-state index contributed by atoms with van der Waals surface area (Å²) in [6.07, 6.45) is 20.9. The van der Waals surface area contributed by atoms with E-state index >= 15 is 0 Å². The zero-order valence-electron chi connectivity index (χ0n) is 27.7. The van der Waals surface area contributed by atoms with Gasteiger partial charge in [-0.15, -0.1) is 0 Å². The molecule has 2 unspecified atom stereocenters. The van der Waals surface area contributed by atoms with Crippen LogP contribution in [0.25, 0.3) is 0 Å². The average molecular weight is 628 g/mol. The van der Waals surface area contributed by atoms with E-state index in [0.717, 1.165) is 38.5 Å². The molecule has 1 rings (SSSR count). The fourth-order valence-electron chi connectivity index (χ4n) is 5.34. The van der Waals surface area contributed by atoms with E-state index in [2.05, 4.69) is 31.3 Å². The highest BCUT2D eigenvalue weighted by atomic mass is 16.7. The molecule has 7 atom stereocenters. The minimum Gasteiger partial charge on any atom is -0.394 e. The van der Waals surface area contributed by atoms with E-state index in [-0.39, 0.29) is 12.5 Å². The third-order valence-corrected chi connectivity index (χ3v) is 8.28. The molecule has 6 N–H and O–H groups in total. The SMILES string of the molecule is CCCCCC/C=C/CC/C=C/[C@@H](O)[C@H](CO[C@@H]1O[C@H](CO)[C@@H](O)C(O)C1O)NC(=O)CCCCCCCCCCCCC. The number of aliphatic hydroxyl groups excluding tert-OH is 5. The molecule has 258 valence electrons. The van der Waals surface area contributed by atoms with Crippen molar-refractivity contribution < 1.29 is 39.8 Å². The third kappa shape index (κ3) is 18.6. The Kier molecular flexibility index (Phi) is 24.8. The van der Waals surface area contributed by atoms with Gasteiger partial charge in [-0.1, -0.05) is 122 Å². The van der Waals surface area contributed by atoms with E-state index in [4.69, 9.17) is 9.47 Å². The maximum atomic E-state index is 12.8. The minimum absolute atomic E-state index is 0.193. The predicted molar refractivity (Wildman–Crippen MR) is 175 cm³/mol. The van der Waals surface area contributed by atoms with Gasteiger partial charge < -0.3 is 40.3 Å². The van der Waals surface area contributed by atoms with Crippen molar-refractivity contribution >= 4 is 5.91 Å². The van der Waals surface area contributed by atoms with Crippen LogP contribution in [0.1, 0.15) is 136 Å². The Hall–Kier alpha value is -1.33. The van der Waals surface area contributed by atoms with Crippen LogP contribution in [0.5, 0.6) is 0 Å². The Bertz CT molecular complexity index is 746. The number of carbonyl (C=O) groups excluding carboxylic acids is 1. The van der Waals surface area contributed by atoms with Crippen molar-refractivity contribution in [3.63, 3.8) is 0 Å². The number of allylic oxidation sites excluding steroid dienone is 3. The number of nitrogens with one attached hydrogen (secondary N) is 1. The molecular weight excluding hydrogens is 562 g/mol. The Morgan fingerprint density at radius 3 is 1.91 bits per heavy atom. The molecule has 0 aromatic heterocycles. The lowest BCUT2D eigenvalue weighted by atomic mass is 9.99. The summed E-state index contributed by atoms with van der Waals surface area (Å²) in [6.45, 7) is 3.67. The van der Waals surface area contributed by atoms with E-state index in [1.165, 1.54) is 77.0 Å². The standard InChI is InChI=1S/C35H65NO8/c1-3-5-7-9-11-13-15-17-19-21-23-25-31(39)36-28(27-43-35-34(42)33(41)32(40)30(26-37)44-35)29(38)24-22-20-18-16-14-12-10-8-6-4-2/h14,16,22,24,28-30,32-35,37-38,40-42H,3-13,15,17-21,23,25-27H2,1-2H3,(H,36,39)/b16-14+,24-22+/t28-,29+,30+,32+,33?,34?,35+/m0/s1. The van der Waals surface area contributed by atoms with Gasteiger partial charge in [0.1, 0.15) is 24.4 Å². The van der Waals surface area contributed by atoms with Gasteiger partial charge >= 0.3 is 0 Å². The van der Waals surface area contributed by atoms with Gasteiger partial charge in [-0.05, 0) is 32.1 Å². The summed E-state index contributed by atoms with van der Waals surface area (Å²) >= 11 is 0. The van der Waals surface area contributed by atoms with Crippen molar-refractivity contribution in [1.29, 1.82) is 0 Å². The molecule has 1 aliphatic rings. The van der Waals surface area contributed by atoms with Crippen LogP contribution in [0.2, 0.25) is 0 Å². The first kappa shape index (κ1) is 40.7. The van der Waals surface area contributed by atoms with E-state index in [0.29, 0.717) is 6.42 Å². The Morgan fingerprint density at radius 2 is 1.30 bits per heavy atom. The Balaban J connectivity index is 2.54. The largest absolute Gasteiger partial charge is 0.394 e. The lowest BCUT2D eigenvalue weighted by molar-refractivity contribution is -0.302. The third-order valence-electron chi connectivity index (χ3n) is 8.28. The lowest BCUT2D eigenvalue weighted by Crippen LogP contribution is -2.60. The van der Waals surface area contributed by atoms with E-state index in [9.17, 15) is 30.3 Å². The van der Waals surface area contributed by atoms with Crippen LogP contribution in [0.4, 0.5) is 0 Å². The van der Waals surface area contributed by atoms with E-state index in [1.54, 1.807) is 6.08 Å². The second-order valence-corrected chi connectivity index (χ2v) is 12.3. The highest BCUT2D eigenvalue weighted by Gasteiger charge is 2.44. The molecule has 0 aliphatic carbocycles. The molecule has 1 amide bonds. The van der Waals surface area contributed by atoms with Crippen molar-refractivity contribution in [3.8, 4) is 0 Å². The van der Waals surface area contributed by atoms with Crippen LogP contribution in [0, 0.1) is 0 Å². The lowest BCUT2D eigenvalue weighted by Gasteiger charge is -2.40. The first-order valence-electron chi connectivity index (χ1n) is 17.6. The quantitative estimate of drug-likeness (QED) is 0.0537. The molecule has 44 heavy (non-hydrogen) atoms. The van der Waals surface area contributed by atoms with Crippen molar-refractivity contribution in [2.24, 2.45) is 0 Å². The zero-order chi connectivity index (χ0) is 32.4. The summed E-state index contributed by atoms with van der Waals surface area (Å²) in [5, 5.41) is 53.6. The summed E-state index contributed by atoms with van der Waals surface area (Å²) in [4.78, 5) is 12.8. The van der Waals surface area contributed by atoms with Crippen molar-refractivity contribution in [2.45, 2.75) is 179 Å². The molecule has 9 nitrogen and oxygen atoms in total. The van der Waals surface area contributed by atoms with Crippen LogP contribution in [-0.4, -0.2) is 87.5 Å². The van der Waals surface area contributed by atoms with Gasteiger partial charge in [0.15, 0.2) is 6.29 Å². The molecule has 1 heterocycles.